The summed E-state index contributed by atoms with van der Waals surface area (Å²) in [6.45, 7) is 0. The molecule has 0 aromatic carbocycles. The lowest BCUT2D eigenvalue weighted by Gasteiger charge is -2.04. The highest BCUT2D eigenvalue weighted by molar-refractivity contribution is 9.09. The highest BCUT2D eigenvalue weighted by atomic mass is 79.9. The molecule has 0 N–H and O–H groups in total. The Labute approximate surface area is 86.6 Å². The Morgan fingerprint density at radius 3 is 3.00 bits per heavy atom. The number of halogens is 1. The van der Waals surface area contributed by atoms with Crippen LogP contribution in [0.1, 0.15) is 25.0 Å². The van der Waals surface area contributed by atoms with Crippen molar-refractivity contribution in [2.24, 2.45) is 13.0 Å². The van der Waals surface area contributed by atoms with Gasteiger partial charge in [0.1, 0.15) is 0 Å². The van der Waals surface area contributed by atoms with Gasteiger partial charge in [-0.2, -0.15) is 0 Å². The Balaban J connectivity index is 1.91. The summed E-state index contributed by atoms with van der Waals surface area (Å²) in [6.07, 6.45) is 7.03. The summed E-state index contributed by atoms with van der Waals surface area (Å²) in [6, 6.07) is 0. The molecular weight excluding hydrogens is 230 g/mol. The molecule has 2 atom stereocenters. The van der Waals surface area contributed by atoms with Crippen LogP contribution in [-0.4, -0.2) is 19.8 Å². The van der Waals surface area contributed by atoms with Crippen LogP contribution < -0.4 is 0 Å². The Bertz CT molecular complexity index is 284. The zero-order valence-electron chi connectivity index (χ0n) is 7.78. The van der Waals surface area contributed by atoms with E-state index in [0.717, 1.165) is 22.9 Å². The molecule has 13 heavy (non-hydrogen) atoms. The van der Waals surface area contributed by atoms with Gasteiger partial charge in [0.05, 0.1) is 5.69 Å². The summed E-state index contributed by atoms with van der Waals surface area (Å²) in [5, 5.41) is 8.03. The molecule has 1 aromatic rings. The van der Waals surface area contributed by atoms with Gasteiger partial charge in [0.2, 0.25) is 0 Å². The topological polar surface area (TPSA) is 30.7 Å². The Morgan fingerprint density at radius 2 is 2.46 bits per heavy atom. The monoisotopic (exact) mass is 243 g/mol. The zero-order valence-corrected chi connectivity index (χ0v) is 9.37. The fourth-order valence-corrected chi connectivity index (χ4v) is 2.78. The summed E-state index contributed by atoms with van der Waals surface area (Å²) in [7, 11) is 1.92. The third-order valence-corrected chi connectivity index (χ3v) is 3.46. The van der Waals surface area contributed by atoms with Gasteiger partial charge in [0.15, 0.2) is 0 Å². The molecule has 1 heterocycles. The van der Waals surface area contributed by atoms with Gasteiger partial charge >= 0.3 is 0 Å². The summed E-state index contributed by atoms with van der Waals surface area (Å²) >= 11 is 3.66. The SMILES string of the molecule is Cn1cc(CC2CCC(Br)C2)nn1. The third-order valence-electron chi connectivity index (χ3n) is 2.63. The normalized spacial score (nSPS) is 28.2. The third kappa shape index (κ3) is 2.30. The number of alkyl halides is 1. The number of aryl methyl sites for hydroxylation is 1. The van der Waals surface area contributed by atoms with E-state index in [1.165, 1.54) is 19.3 Å². The predicted molar refractivity (Wildman–Crippen MR) is 54.8 cm³/mol. The smallest absolute Gasteiger partial charge is 0.0829 e. The van der Waals surface area contributed by atoms with Crippen molar-refractivity contribution < 1.29 is 0 Å². The van der Waals surface area contributed by atoms with Gasteiger partial charge in [0.25, 0.3) is 0 Å². The average molecular weight is 244 g/mol. The molecule has 1 aliphatic carbocycles. The fourth-order valence-electron chi connectivity index (χ4n) is 1.98. The maximum absolute atomic E-state index is 4.10. The molecule has 1 saturated carbocycles. The maximum Gasteiger partial charge on any atom is 0.0829 e. The molecule has 72 valence electrons. The molecule has 0 amide bonds. The summed E-state index contributed by atoms with van der Waals surface area (Å²) in [4.78, 5) is 0.731. The van der Waals surface area contributed by atoms with Crippen molar-refractivity contribution in [3.63, 3.8) is 0 Å². The summed E-state index contributed by atoms with van der Waals surface area (Å²) in [5.41, 5.74) is 1.13. The van der Waals surface area contributed by atoms with Crippen molar-refractivity contribution in [3.8, 4) is 0 Å². The minimum atomic E-state index is 0.731. The second kappa shape index (κ2) is 3.78. The quantitative estimate of drug-likeness (QED) is 0.744. The van der Waals surface area contributed by atoms with Crippen LogP contribution >= 0.6 is 15.9 Å². The van der Waals surface area contributed by atoms with E-state index in [0.29, 0.717) is 0 Å². The van der Waals surface area contributed by atoms with E-state index < -0.39 is 0 Å². The van der Waals surface area contributed by atoms with Gasteiger partial charge in [0, 0.05) is 18.1 Å². The van der Waals surface area contributed by atoms with E-state index in [1.54, 1.807) is 4.68 Å². The zero-order chi connectivity index (χ0) is 9.26. The number of rotatable bonds is 2. The highest BCUT2D eigenvalue weighted by Crippen LogP contribution is 2.32. The maximum atomic E-state index is 4.10. The molecular formula is C9H14BrN3. The standard InChI is InChI=1S/C9H14BrN3/c1-13-6-9(11-12-13)5-7-2-3-8(10)4-7/h6-8H,2-5H2,1H3. The van der Waals surface area contributed by atoms with Crippen LogP contribution in [0.4, 0.5) is 0 Å². The molecule has 0 spiro atoms. The Morgan fingerprint density at radius 1 is 1.62 bits per heavy atom. The molecule has 1 fully saturated rings. The largest absolute Gasteiger partial charge is 0.255 e. The molecule has 0 radical (unpaired) electrons. The molecule has 1 aliphatic rings. The molecule has 0 aliphatic heterocycles. The first kappa shape index (κ1) is 9.19. The lowest BCUT2D eigenvalue weighted by molar-refractivity contribution is 0.540. The molecule has 2 unspecified atom stereocenters. The van der Waals surface area contributed by atoms with E-state index >= 15 is 0 Å². The van der Waals surface area contributed by atoms with E-state index in [4.69, 9.17) is 0 Å². The van der Waals surface area contributed by atoms with Crippen LogP contribution in [0.15, 0.2) is 6.20 Å². The van der Waals surface area contributed by atoms with Crippen molar-refractivity contribution in [2.75, 3.05) is 0 Å². The predicted octanol–water partition coefficient (Wildman–Crippen LogP) is 1.92. The first-order chi connectivity index (χ1) is 6.24. The molecule has 2 rings (SSSR count). The number of aromatic nitrogens is 3. The Hall–Kier alpha value is -0.380. The van der Waals surface area contributed by atoms with Crippen molar-refractivity contribution in [2.45, 2.75) is 30.5 Å². The van der Waals surface area contributed by atoms with Gasteiger partial charge in [-0.25, -0.2) is 0 Å². The van der Waals surface area contributed by atoms with Crippen LogP contribution in [0, 0.1) is 5.92 Å². The summed E-state index contributed by atoms with van der Waals surface area (Å²) in [5.74, 6) is 0.807. The minimum absolute atomic E-state index is 0.731. The Kier molecular flexibility index (Phi) is 2.67. The van der Waals surface area contributed by atoms with E-state index in [-0.39, 0.29) is 0 Å². The van der Waals surface area contributed by atoms with Crippen LogP contribution in [0.3, 0.4) is 0 Å². The lowest BCUT2D eigenvalue weighted by atomic mass is 10.0. The second-order valence-electron chi connectivity index (χ2n) is 3.86. The van der Waals surface area contributed by atoms with Gasteiger partial charge in [-0.3, -0.25) is 4.68 Å². The molecule has 0 bridgehead atoms. The molecule has 3 nitrogen and oxygen atoms in total. The molecule has 4 heteroatoms. The van der Waals surface area contributed by atoms with Crippen molar-refractivity contribution in [3.05, 3.63) is 11.9 Å². The van der Waals surface area contributed by atoms with Crippen molar-refractivity contribution in [1.82, 2.24) is 15.0 Å². The second-order valence-corrected chi connectivity index (χ2v) is 5.16. The van der Waals surface area contributed by atoms with Gasteiger partial charge in [-0.15, -0.1) is 5.10 Å². The first-order valence-corrected chi connectivity index (χ1v) is 5.65. The molecule has 1 aromatic heterocycles. The highest BCUT2D eigenvalue weighted by Gasteiger charge is 2.23. The number of nitrogens with zero attached hydrogens (tertiary/aromatic N) is 3. The average Bonchev–Trinajstić information content (AvgIpc) is 2.62. The van der Waals surface area contributed by atoms with Crippen LogP contribution in [0.25, 0.3) is 0 Å². The van der Waals surface area contributed by atoms with Gasteiger partial charge < -0.3 is 0 Å². The van der Waals surface area contributed by atoms with E-state index in [1.807, 2.05) is 13.2 Å². The fraction of sp³-hybridized carbons (Fsp3) is 0.778. The van der Waals surface area contributed by atoms with Crippen molar-refractivity contribution in [1.29, 1.82) is 0 Å². The lowest BCUT2D eigenvalue weighted by Crippen LogP contribution is -2.00. The minimum Gasteiger partial charge on any atom is -0.255 e. The summed E-state index contributed by atoms with van der Waals surface area (Å²) < 4.78 is 1.77. The van der Waals surface area contributed by atoms with Crippen molar-refractivity contribution >= 4 is 15.9 Å². The van der Waals surface area contributed by atoms with Crippen LogP contribution in [0.2, 0.25) is 0 Å². The number of hydrogen-bond donors (Lipinski definition) is 0. The van der Waals surface area contributed by atoms with Gasteiger partial charge in [-0.1, -0.05) is 21.1 Å². The molecule has 0 saturated heterocycles. The van der Waals surface area contributed by atoms with Crippen LogP contribution in [0.5, 0.6) is 0 Å². The van der Waals surface area contributed by atoms with E-state index in [2.05, 4.69) is 26.2 Å². The van der Waals surface area contributed by atoms with E-state index in [9.17, 15) is 0 Å². The number of hydrogen-bond acceptors (Lipinski definition) is 2. The van der Waals surface area contributed by atoms with Gasteiger partial charge in [-0.05, 0) is 31.6 Å². The first-order valence-electron chi connectivity index (χ1n) is 4.73. The van der Waals surface area contributed by atoms with Crippen LogP contribution in [-0.2, 0) is 13.5 Å².